The molecule has 3 rings (SSSR count). The van der Waals surface area contributed by atoms with Gasteiger partial charge in [-0.3, -0.25) is 4.98 Å². The van der Waals surface area contributed by atoms with Crippen molar-refractivity contribution in [2.75, 3.05) is 11.9 Å². The lowest BCUT2D eigenvalue weighted by atomic mass is 10.2. The van der Waals surface area contributed by atoms with Crippen LogP contribution in [0, 0.1) is 17.2 Å². The number of rotatable bonds is 4. The zero-order chi connectivity index (χ0) is 12.4. The molecule has 0 aromatic carbocycles. The van der Waals surface area contributed by atoms with Gasteiger partial charge in [-0.1, -0.05) is 0 Å². The third-order valence-corrected chi connectivity index (χ3v) is 3.70. The Hall–Kier alpha value is -1.93. The van der Waals surface area contributed by atoms with Crippen molar-refractivity contribution in [3.63, 3.8) is 0 Å². The van der Waals surface area contributed by atoms with Gasteiger partial charge in [-0.2, -0.15) is 5.26 Å². The zero-order valence-electron chi connectivity index (χ0n) is 9.76. The number of nitrogens with zero attached hydrogens (tertiary/aromatic N) is 3. The van der Waals surface area contributed by atoms with Crippen LogP contribution < -0.4 is 5.32 Å². The van der Waals surface area contributed by atoms with E-state index in [1.807, 2.05) is 11.4 Å². The van der Waals surface area contributed by atoms with Crippen molar-refractivity contribution >= 4 is 16.5 Å². The van der Waals surface area contributed by atoms with Gasteiger partial charge in [-0.25, -0.2) is 4.98 Å². The van der Waals surface area contributed by atoms with Gasteiger partial charge in [-0.15, -0.1) is 11.3 Å². The molecule has 0 aliphatic heterocycles. The van der Waals surface area contributed by atoms with Crippen molar-refractivity contribution in [3.05, 3.63) is 29.3 Å². The minimum atomic E-state index is 0.570. The summed E-state index contributed by atoms with van der Waals surface area (Å²) < 4.78 is 0. The molecule has 18 heavy (non-hydrogen) atoms. The molecule has 0 saturated heterocycles. The van der Waals surface area contributed by atoms with Crippen molar-refractivity contribution in [2.24, 2.45) is 5.92 Å². The van der Waals surface area contributed by atoms with Gasteiger partial charge in [0.25, 0.3) is 0 Å². The van der Waals surface area contributed by atoms with E-state index in [0.29, 0.717) is 5.56 Å². The van der Waals surface area contributed by atoms with Crippen LogP contribution in [-0.4, -0.2) is 16.5 Å². The van der Waals surface area contributed by atoms with Crippen molar-refractivity contribution in [1.29, 1.82) is 5.26 Å². The topological polar surface area (TPSA) is 61.6 Å². The SMILES string of the molecule is N#Cc1ccc(-c2csc(NCC3CC3)n2)nc1. The Labute approximate surface area is 109 Å². The molecule has 0 atom stereocenters. The first-order chi connectivity index (χ1) is 8.85. The largest absolute Gasteiger partial charge is 0.361 e. The molecule has 1 aliphatic rings. The number of anilines is 1. The fourth-order valence-electron chi connectivity index (χ4n) is 1.64. The summed E-state index contributed by atoms with van der Waals surface area (Å²) in [6, 6.07) is 5.65. The van der Waals surface area contributed by atoms with E-state index in [0.717, 1.165) is 29.0 Å². The second kappa shape index (κ2) is 4.75. The van der Waals surface area contributed by atoms with Gasteiger partial charge in [0.2, 0.25) is 0 Å². The molecule has 1 N–H and O–H groups in total. The standard InChI is InChI=1S/C13H12N4S/c14-5-10-3-4-11(15-7-10)12-8-18-13(17-12)16-6-9-1-2-9/h3-4,7-9H,1-2,6H2,(H,16,17). The highest BCUT2D eigenvalue weighted by atomic mass is 32.1. The monoisotopic (exact) mass is 256 g/mol. The summed E-state index contributed by atoms with van der Waals surface area (Å²) >= 11 is 1.60. The van der Waals surface area contributed by atoms with E-state index in [9.17, 15) is 0 Å². The first-order valence-corrected chi connectivity index (χ1v) is 6.79. The van der Waals surface area contributed by atoms with E-state index in [4.69, 9.17) is 5.26 Å². The Morgan fingerprint density at radius 3 is 2.94 bits per heavy atom. The van der Waals surface area contributed by atoms with Crippen molar-refractivity contribution in [2.45, 2.75) is 12.8 Å². The maximum Gasteiger partial charge on any atom is 0.183 e. The third-order valence-electron chi connectivity index (χ3n) is 2.90. The predicted molar refractivity (Wildman–Crippen MR) is 71.3 cm³/mol. The van der Waals surface area contributed by atoms with Gasteiger partial charge in [0.15, 0.2) is 5.13 Å². The van der Waals surface area contributed by atoms with Gasteiger partial charge < -0.3 is 5.32 Å². The molecule has 4 nitrogen and oxygen atoms in total. The average molecular weight is 256 g/mol. The van der Waals surface area contributed by atoms with Crippen LogP contribution in [0.5, 0.6) is 0 Å². The summed E-state index contributed by atoms with van der Waals surface area (Å²) in [5.41, 5.74) is 2.24. The fraction of sp³-hybridized carbons (Fsp3) is 0.308. The van der Waals surface area contributed by atoms with Crippen LogP contribution in [0.1, 0.15) is 18.4 Å². The first kappa shape index (κ1) is 11.2. The highest BCUT2D eigenvalue weighted by molar-refractivity contribution is 7.14. The average Bonchev–Trinajstić information content (AvgIpc) is 3.14. The van der Waals surface area contributed by atoms with Crippen molar-refractivity contribution in [3.8, 4) is 17.5 Å². The lowest BCUT2D eigenvalue weighted by molar-refractivity contribution is 0.887. The number of nitrogens with one attached hydrogen (secondary N) is 1. The van der Waals surface area contributed by atoms with Crippen LogP contribution in [0.15, 0.2) is 23.7 Å². The molecule has 1 aliphatic carbocycles. The number of hydrogen-bond donors (Lipinski definition) is 1. The van der Waals surface area contributed by atoms with Gasteiger partial charge in [0, 0.05) is 18.1 Å². The molecule has 1 saturated carbocycles. The number of thiazole rings is 1. The number of nitriles is 1. The second-order valence-corrected chi connectivity index (χ2v) is 5.26. The maximum absolute atomic E-state index is 8.72. The van der Waals surface area contributed by atoms with E-state index in [-0.39, 0.29) is 0 Å². The molecule has 2 aromatic heterocycles. The van der Waals surface area contributed by atoms with E-state index < -0.39 is 0 Å². The van der Waals surface area contributed by atoms with Gasteiger partial charge in [-0.05, 0) is 30.9 Å². The Kier molecular flexibility index (Phi) is 2.95. The smallest absolute Gasteiger partial charge is 0.183 e. The first-order valence-electron chi connectivity index (χ1n) is 5.91. The molecule has 0 spiro atoms. The third kappa shape index (κ3) is 2.49. The Balaban J connectivity index is 1.72. The number of hydrogen-bond acceptors (Lipinski definition) is 5. The summed E-state index contributed by atoms with van der Waals surface area (Å²) in [5.74, 6) is 0.838. The lowest BCUT2D eigenvalue weighted by Crippen LogP contribution is -2.02. The van der Waals surface area contributed by atoms with E-state index in [1.54, 1.807) is 23.6 Å². The zero-order valence-corrected chi connectivity index (χ0v) is 10.6. The minimum Gasteiger partial charge on any atom is -0.361 e. The van der Waals surface area contributed by atoms with Gasteiger partial charge >= 0.3 is 0 Å². The summed E-state index contributed by atoms with van der Waals surface area (Å²) in [5, 5.41) is 15.0. The highest BCUT2D eigenvalue weighted by Gasteiger charge is 2.21. The Morgan fingerprint density at radius 1 is 1.39 bits per heavy atom. The molecule has 1 fully saturated rings. The van der Waals surface area contributed by atoms with Crippen LogP contribution >= 0.6 is 11.3 Å². The molecule has 5 heteroatoms. The fourth-order valence-corrected chi connectivity index (χ4v) is 2.35. The number of pyridine rings is 1. The van der Waals surface area contributed by atoms with Crippen molar-refractivity contribution < 1.29 is 0 Å². The van der Waals surface area contributed by atoms with Crippen molar-refractivity contribution in [1.82, 2.24) is 9.97 Å². The van der Waals surface area contributed by atoms with E-state index >= 15 is 0 Å². The molecule has 2 heterocycles. The predicted octanol–water partition coefficient (Wildman–Crippen LogP) is 2.90. The molecule has 0 unspecified atom stereocenters. The Morgan fingerprint density at radius 2 is 2.28 bits per heavy atom. The summed E-state index contributed by atoms with van der Waals surface area (Å²) in [7, 11) is 0. The number of aromatic nitrogens is 2. The molecule has 90 valence electrons. The van der Waals surface area contributed by atoms with Crippen LogP contribution in [0.4, 0.5) is 5.13 Å². The molecule has 2 aromatic rings. The minimum absolute atomic E-state index is 0.570. The summed E-state index contributed by atoms with van der Waals surface area (Å²) in [4.78, 5) is 8.73. The molecule has 0 radical (unpaired) electrons. The van der Waals surface area contributed by atoms with E-state index in [1.165, 1.54) is 12.8 Å². The van der Waals surface area contributed by atoms with Gasteiger partial charge in [0.05, 0.1) is 11.3 Å². The molecule has 0 bridgehead atoms. The Bertz CT molecular complexity index is 578. The quantitative estimate of drug-likeness (QED) is 0.913. The van der Waals surface area contributed by atoms with Gasteiger partial charge in [0.1, 0.15) is 11.8 Å². The van der Waals surface area contributed by atoms with Crippen LogP contribution in [0.3, 0.4) is 0 Å². The molecular formula is C13H12N4S. The summed E-state index contributed by atoms with van der Waals surface area (Å²) in [6.45, 7) is 1.02. The second-order valence-electron chi connectivity index (χ2n) is 4.41. The molecule has 0 amide bonds. The normalized spacial score (nSPS) is 14.2. The lowest BCUT2D eigenvalue weighted by Gasteiger charge is -1.99. The highest BCUT2D eigenvalue weighted by Crippen LogP contribution is 2.30. The van der Waals surface area contributed by atoms with Crippen LogP contribution in [-0.2, 0) is 0 Å². The van der Waals surface area contributed by atoms with Crippen LogP contribution in [0.2, 0.25) is 0 Å². The summed E-state index contributed by atoms with van der Waals surface area (Å²) in [6.07, 6.45) is 4.25. The molecular weight excluding hydrogens is 244 g/mol. The van der Waals surface area contributed by atoms with E-state index in [2.05, 4.69) is 21.4 Å². The van der Waals surface area contributed by atoms with Crippen LogP contribution in [0.25, 0.3) is 11.4 Å². The maximum atomic E-state index is 8.72.